The first kappa shape index (κ1) is 35.0. The topological polar surface area (TPSA) is 137 Å². The quantitative estimate of drug-likeness (QED) is 0.141. The standard InChI is InChI=1S/C33H42ClN7O4Si/c1-20(2)46(21(3)4,22(5)6)44-17-24(8)43-18-28(32(42)40-29-13-12-23(7)15-36-29)45-33-26-16-39-41(31(26)37-19-38-33)30-25(14-35)10-9-11-27(30)34/h9-13,15-16,19-22,24,28H,17-18H2,1-8H3,(H,36,40,42)/t24?,28-/m0/s1. The molecule has 0 aliphatic carbocycles. The number of halogens is 1. The van der Waals surface area contributed by atoms with E-state index in [4.69, 9.17) is 25.5 Å². The Hall–Kier alpha value is -3.89. The van der Waals surface area contributed by atoms with Gasteiger partial charge in [0.05, 0.1) is 36.1 Å². The maximum absolute atomic E-state index is 13.6. The van der Waals surface area contributed by atoms with Crippen LogP contribution in [-0.4, -0.2) is 64.4 Å². The van der Waals surface area contributed by atoms with Crippen LogP contribution in [0.5, 0.6) is 5.88 Å². The van der Waals surface area contributed by atoms with Gasteiger partial charge in [-0.25, -0.2) is 19.6 Å². The molecule has 11 nitrogen and oxygen atoms in total. The number of carbonyl (C=O) groups is 1. The third kappa shape index (κ3) is 7.55. The molecule has 0 saturated heterocycles. The Labute approximate surface area is 276 Å². The van der Waals surface area contributed by atoms with Crippen LogP contribution in [0.3, 0.4) is 0 Å². The van der Waals surface area contributed by atoms with E-state index in [0.717, 1.165) is 5.56 Å². The van der Waals surface area contributed by atoms with Gasteiger partial charge in [-0.3, -0.25) is 4.79 Å². The molecule has 3 heterocycles. The molecule has 13 heteroatoms. The molecular formula is C33H42ClN7O4Si. The highest BCUT2D eigenvalue weighted by molar-refractivity contribution is 6.77. The molecule has 0 fully saturated rings. The van der Waals surface area contributed by atoms with Crippen LogP contribution in [0.4, 0.5) is 5.82 Å². The first-order valence-corrected chi connectivity index (χ1v) is 17.9. The minimum Gasteiger partial charge on any atom is -0.461 e. The van der Waals surface area contributed by atoms with Gasteiger partial charge in [-0.15, -0.1) is 0 Å². The smallest absolute Gasteiger partial charge is 0.269 e. The Balaban J connectivity index is 1.60. The van der Waals surface area contributed by atoms with Crippen molar-refractivity contribution in [2.75, 3.05) is 18.5 Å². The molecule has 0 aliphatic rings. The number of aromatic nitrogens is 5. The van der Waals surface area contributed by atoms with Gasteiger partial charge in [0.1, 0.15) is 29.3 Å². The number of nitrogens with one attached hydrogen (secondary N) is 1. The van der Waals surface area contributed by atoms with Gasteiger partial charge in [-0.2, -0.15) is 10.4 Å². The Morgan fingerprint density at radius 1 is 1.00 bits per heavy atom. The van der Waals surface area contributed by atoms with E-state index in [1.165, 1.54) is 17.2 Å². The largest absolute Gasteiger partial charge is 0.461 e. The van der Waals surface area contributed by atoms with Crippen LogP contribution in [0.25, 0.3) is 16.7 Å². The number of hydrogen-bond donors (Lipinski definition) is 1. The number of amides is 1. The van der Waals surface area contributed by atoms with Crippen molar-refractivity contribution < 1.29 is 18.7 Å². The summed E-state index contributed by atoms with van der Waals surface area (Å²) in [6.45, 7) is 17.6. The number of anilines is 1. The molecule has 1 amide bonds. The lowest BCUT2D eigenvalue weighted by Crippen LogP contribution is -2.49. The summed E-state index contributed by atoms with van der Waals surface area (Å²) < 4.78 is 20.6. The van der Waals surface area contributed by atoms with Crippen LogP contribution in [0, 0.1) is 18.3 Å². The van der Waals surface area contributed by atoms with Crippen LogP contribution in [0.2, 0.25) is 21.6 Å². The highest BCUT2D eigenvalue weighted by Gasteiger charge is 2.45. The van der Waals surface area contributed by atoms with Crippen molar-refractivity contribution >= 4 is 42.7 Å². The van der Waals surface area contributed by atoms with E-state index in [9.17, 15) is 10.1 Å². The number of nitriles is 1. The number of nitrogens with zero attached hydrogens (tertiary/aromatic N) is 6. The summed E-state index contributed by atoms with van der Waals surface area (Å²) in [5, 5.41) is 17.7. The van der Waals surface area contributed by atoms with Crippen LogP contribution >= 0.6 is 11.6 Å². The normalized spacial score (nSPS) is 13.3. The highest BCUT2D eigenvalue weighted by atomic mass is 35.5. The summed E-state index contributed by atoms with van der Waals surface area (Å²) in [5.41, 5.74) is 3.32. The lowest BCUT2D eigenvalue weighted by Gasteiger charge is -2.42. The number of rotatable bonds is 14. The maximum Gasteiger partial charge on any atom is 0.269 e. The Morgan fingerprint density at radius 2 is 1.72 bits per heavy atom. The van der Waals surface area contributed by atoms with Crippen molar-refractivity contribution in [3.63, 3.8) is 0 Å². The summed E-state index contributed by atoms with van der Waals surface area (Å²) in [5.74, 6) is 0.0412. The SMILES string of the molecule is Cc1ccc(NC(=O)[C@H](COC(C)CO[Si](C(C)C)(C(C)C)C(C)C)Oc2ncnc3c2cnn3-c2c(Cl)cccc2C#N)nc1. The monoisotopic (exact) mass is 663 g/mol. The summed E-state index contributed by atoms with van der Waals surface area (Å²) in [7, 11) is -2.11. The molecule has 4 rings (SSSR count). The Bertz CT molecular complexity index is 1670. The van der Waals surface area contributed by atoms with Gasteiger partial charge >= 0.3 is 0 Å². The zero-order valence-electron chi connectivity index (χ0n) is 27.6. The molecule has 2 atom stereocenters. The van der Waals surface area contributed by atoms with Crippen molar-refractivity contribution in [1.82, 2.24) is 24.7 Å². The average Bonchev–Trinajstić information content (AvgIpc) is 3.44. The van der Waals surface area contributed by atoms with Crippen LogP contribution < -0.4 is 10.1 Å². The van der Waals surface area contributed by atoms with Crippen molar-refractivity contribution in [2.24, 2.45) is 0 Å². The molecule has 0 bridgehead atoms. The molecule has 1 unspecified atom stereocenters. The molecule has 0 radical (unpaired) electrons. The Kier molecular flexibility index (Phi) is 11.5. The highest BCUT2D eigenvalue weighted by Crippen LogP contribution is 2.42. The van der Waals surface area contributed by atoms with Crippen LogP contribution in [0.15, 0.2) is 49.1 Å². The second-order valence-electron chi connectivity index (χ2n) is 12.3. The molecule has 0 aliphatic heterocycles. The van der Waals surface area contributed by atoms with Gasteiger partial charge in [0.25, 0.3) is 5.91 Å². The van der Waals surface area contributed by atoms with Gasteiger partial charge < -0.3 is 19.2 Å². The minimum atomic E-state index is -2.11. The van der Waals surface area contributed by atoms with Gasteiger partial charge in [-0.1, -0.05) is 65.3 Å². The van der Waals surface area contributed by atoms with E-state index in [2.05, 4.69) is 73.0 Å². The average molecular weight is 664 g/mol. The lowest BCUT2D eigenvalue weighted by atomic mass is 10.2. The minimum absolute atomic E-state index is 0.0788. The lowest BCUT2D eigenvalue weighted by molar-refractivity contribution is -0.127. The summed E-state index contributed by atoms with van der Waals surface area (Å²) in [6, 6.07) is 10.7. The molecule has 244 valence electrons. The zero-order valence-corrected chi connectivity index (χ0v) is 29.4. The molecule has 4 aromatic rings. The van der Waals surface area contributed by atoms with Gasteiger partial charge in [0, 0.05) is 6.20 Å². The van der Waals surface area contributed by atoms with E-state index in [1.807, 2.05) is 19.9 Å². The second-order valence-corrected chi connectivity index (χ2v) is 18.2. The van der Waals surface area contributed by atoms with Gasteiger partial charge in [-0.05, 0) is 54.2 Å². The van der Waals surface area contributed by atoms with E-state index < -0.39 is 20.3 Å². The fourth-order valence-corrected chi connectivity index (χ4v) is 11.8. The fourth-order valence-electron chi connectivity index (χ4n) is 6.01. The number of para-hydroxylation sites is 1. The maximum atomic E-state index is 13.6. The number of aryl methyl sites for hydroxylation is 1. The van der Waals surface area contributed by atoms with E-state index in [-0.39, 0.29) is 18.6 Å². The second kappa shape index (κ2) is 15.1. The molecule has 1 aromatic carbocycles. The van der Waals surface area contributed by atoms with Crippen molar-refractivity contribution in [2.45, 2.75) is 84.2 Å². The number of hydrogen-bond acceptors (Lipinski definition) is 9. The van der Waals surface area contributed by atoms with Crippen LogP contribution in [0.1, 0.15) is 59.6 Å². The van der Waals surface area contributed by atoms with Crippen LogP contribution in [-0.2, 0) is 14.0 Å². The predicted octanol–water partition coefficient (Wildman–Crippen LogP) is 7.03. The van der Waals surface area contributed by atoms with Crippen molar-refractivity contribution in [3.8, 4) is 17.6 Å². The van der Waals surface area contributed by atoms with E-state index >= 15 is 0 Å². The third-order valence-corrected chi connectivity index (χ3v) is 14.6. The van der Waals surface area contributed by atoms with Crippen molar-refractivity contribution in [1.29, 1.82) is 5.26 Å². The third-order valence-electron chi connectivity index (χ3n) is 8.16. The zero-order chi connectivity index (χ0) is 33.6. The molecule has 46 heavy (non-hydrogen) atoms. The molecule has 0 spiro atoms. The first-order chi connectivity index (χ1) is 21.9. The summed E-state index contributed by atoms with van der Waals surface area (Å²) >= 11 is 6.46. The summed E-state index contributed by atoms with van der Waals surface area (Å²) in [6.07, 6.45) is 3.07. The summed E-state index contributed by atoms with van der Waals surface area (Å²) in [4.78, 5) is 26.6. The van der Waals surface area contributed by atoms with Gasteiger partial charge in [0.15, 0.2) is 14.0 Å². The van der Waals surface area contributed by atoms with E-state index in [0.29, 0.717) is 56.4 Å². The molecular weight excluding hydrogens is 622 g/mol. The predicted molar refractivity (Wildman–Crippen MR) is 181 cm³/mol. The van der Waals surface area contributed by atoms with E-state index in [1.54, 1.807) is 30.5 Å². The number of pyridine rings is 1. The van der Waals surface area contributed by atoms with Crippen molar-refractivity contribution in [3.05, 3.63) is 65.2 Å². The number of benzene rings is 1. The molecule has 3 aromatic heterocycles. The first-order valence-electron chi connectivity index (χ1n) is 15.4. The van der Waals surface area contributed by atoms with Gasteiger partial charge in [0.2, 0.25) is 12.0 Å². The molecule has 1 N–H and O–H groups in total. The Morgan fingerprint density at radius 3 is 2.35 bits per heavy atom. The number of ether oxygens (including phenoxy) is 2. The fraction of sp³-hybridized carbons (Fsp3) is 0.455. The molecule has 0 saturated carbocycles. The number of fused-ring (bicyclic) bond motifs is 1. The number of carbonyl (C=O) groups excluding carboxylic acids is 1.